The van der Waals surface area contributed by atoms with Crippen molar-refractivity contribution in [1.29, 1.82) is 0 Å². The predicted octanol–water partition coefficient (Wildman–Crippen LogP) is 4.11. The minimum Gasteiger partial charge on any atom is -0.463 e. The second kappa shape index (κ2) is 10.5. The maximum absolute atomic E-state index is 11.4. The number of aromatic nitrogens is 1. The normalized spacial score (nSPS) is 22.0. The lowest BCUT2D eigenvalue weighted by Gasteiger charge is -2.36. The van der Waals surface area contributed by atoms with Crippen molar-refractivity contribution in [1.82, 2.24) is 9.88 Å². The Morgan fingerprint density at radius 1 is 1.26 bits per heavy atom. The van der Waals surface area contributed by atoms with Gasteiger partial charge < -0.3 is 15.0 Å². The maximum atomic E-state index is 11.4. The zero-order chi connectivity index (χ0) is 18.9. The molecule has 27 heavy (non-hydrogen) atoms. The van der Waals surface area contributed by atoms with E-state index in [2.05, 4.69) is 15.2 Å². The molecule has 2 aliphatic rings. The van der Waals surface area contributed by atoms with Gasteiger partial charge in [-0.1, -0.05) is 19.3 Å². The van der Waals surface area contributed by atoms with Crippen molar-refractivity contribution in [3.05, 3.63) is 30.0 Å². The number of nitrogens with one attached hydrogen (secondary N) is 1. The number of anilines is 1. The Balaban J connectivity index is 1.47. The highest BCUT2D eigenvalue weighted by molar-refractivity contribution is 5.86. The molecule has 0 radical (unpaired) electrons. The Hall–Kier alpha value is -1.88. The van der Waals surface area contributed by atoms with Gasteiger partial charge in [-0.05, 0) is 68.8 Å². The molecule has 1 aliphatic carbocycles. The highest BCUT2D eigenvalue weighted by atomic mass is 16.5. The van der Waals surface area contributed by atoms with Gasteiger partial charge in [-0.2, -0.15) is 0 Å². The molecule has 1 aromatic rings. The van der Waals surface area contributed by atoms with Crippen LogP contribution in [0.2, 0.25) is 0 Å². The number of hydrogen-bond donors (Lipinski definition) is 1. The molecule has 1 atom stereocenters. The molecule has 2 heterocycles. The van der Waals surface area contributed by atoms with Gasteiger partial charge in [-0.15, -0.1) is 0 Å². The number of carbonyl (C=O) groups is 1. The number of esters is 1. The predicted molar refractivity (Wildman–Crippen MR) is 110 cm³/mol. The van der Waals surface area contributed by atoms with E-state index in [1.165, 1.54) is 64.1 Å². The lowest BCUT2D eigenvalue weighted by molar-refractivity contribution is -0.137. The molecule has 2 fully saturated rings. The van der Waals surface area contributed by atoms with Gasteiger partial charge in [0.1, 0.15) is 5.82 Å². The number of carbonyl (C=O) groups excluding carboxylic acids is 1. The summed E-state index contributed by atoms with van der Waals surface area (Å²) in [5.41, 5.74) is 0.899. The summed E-state index contributed by atoms with van der Waals surface area (Å²) in [7, 11) is 0. The summed E-state index contributed by atoms with van der Waals surface area (Å²) in [5.74, 6) is 1.49. The number of piperidine rings is 1. The van der Waals surface area contributed by atoms with Crippen molar-refractivity contribution < 1.29 is 9.53 Å². The van der Waals surface area contributed by atoms with Crippen LogP contribution in [0.1, 0.15) is 57.4 Å². The van der Waals surface area contributed by atoms with E-state index in [0.717, 1.165) is 23.8 Å². The quantitative estimate of drug-likeness (QED) is 0.577. The molecule has 1 aliphatic heterocycles. The number of likely N-dealkylation sites (tertiary alicyclic amines) is 1. The second-order valence-electron chi connectivity index (χ2n) is 7.81. The Kier molecular flexibility index (Phi) is 7.69. The van der Waals surface area contributed by atoms with Crippen LogP contribution in [-0.2, 0) is 9.53 Å². The monoisotopic (exact) mass is 371 g/mol. The van der Waals surface area contributed by atoms with Crippen LogP contribution in [0.15, 0.2) is 24.4 Å². The van der Waals surface area contributed by atoms with Crippen LogP contribution in [0.25, 0.3) is 6.08 Å². The van der Waals surface area contributed by atoms with Crippen LogP contribution in [-0.4, -0.2) is 48.1 Å². The molecule has 1 aromatic heterocycles. The number of hydrogen-bond acceptors (Lipinski definition) is 5. The summed E-state index contributed by atoms with van der Waals surface area (Å²) in [5, 5.41) is 3.59. The van der Waals surface area contributed by atoms with Gasteiger partial charge in [0.05, 0.1) is 6.61 Å². The molecular weight excluding hydrogens is 338 g/mol. The van der Waals surface area contributed by atoms with E-state index in [-0.39, 0.29) is 5.97 Å². The average molecular weight is 372 g/mol. The summed E-state index contributed by atoms with van der Waals surface area (Å²) in [6, 6.07) is 4.44. The van der Waals surface area contributed by atoms with Gasteiger partial charge in [-0.3, -0.25) is 0 Å². The molecule has 1 N–H and O–H groups in total. The summed E-state index contributed by atoms with van der Waals surface area (Å²) in [6.45, 7) is 5.81. The number of nitrogens with zero attached hydrogens (tertiary/aromatic N) is 2. The Bertz CT molecular complexity index is 608. The molecule has 5 nitrogen and oxygen atoms in total. The first-order valence-corrected chi connectivity index (χ1v) is 10.5. The fraction of sp³-hybridized carbons (Fsp3) is 0.636. The van der Waals surface area contributed by atoms with Gasteiger partial charge >= 0.3 is 5.97 Å². The smallest absolute Gasteiger partial charge is 0.330 e. The molecule has 148 valence electrons. The number of pyridine rings is 1. The van der Waals surface area contributed by atoms with Crippen molar-refractivity contribution in [2.45, 2.75) is 57.9 Å². The fourth-order valence-electron chi connectivity index (χ4n) is 4.23. The molecule has 0 spiro atoms. The van der Waals surface area contributed by atoms with E-state index in [0.29, 0.717) is 12.6 Å². The highest BCUT2D eigenvalue weighted by Crippen LogP contribution is 2.26. The highest BCUT2D eigenvalue weighted by Gasteiger charge is 2.23. The van der Waals surface area contributed by atoms with E-state index < -0.39 is 0 Å². The summed E-state index contributed by atoms with van der Waals surface area (Å²) in [6.07, 6.45) is 14.5. The minimum atomic E-state index is -0.319. The Labute approximate surface area is 163 Å². The van der Waals surface area contributed by atoms with E-state index in [4.69, 9.17) is 4.74 Å². The van der Waals surface area contributed by atoms with Crippen LogP contribution >= 0.6 is 0 Å². The minimum absolute atomic E-state index is 0.319. The second-order valence-corrected chi connectivity index (χ2v) is 7.81. The molecule has 1 saturated carbocycles. The molecule has 0 bridgehead atoms. The molecule has 1 saturated heterocycles. The van der Waals surface area contributed by atoms with Gasteiger partial charge in [0.15, 0.2) is 0 Å². The lowest BCUT2D eigenvalue weighted by atomic mass is 9.88. The lowest BCUT2D eigenvalue weighted by Crippen LogP contribution is -2.44. The summed E-state index contributed by atoms with van der Waals surface area (Å²) in [4.78, 5) is 18.5. The maximum Gasteiger partial charge on any atom is 0.330 e. The van der Waals surface area contributed by atoms with Crippen LogP contribution < -0.4 is 5.32 Å². The molecule has 0 amide bonds. The van der Waals surface area contributed by atoms with Crippen molar-refractivity contribution in [2.75, 3.05) is 31.6 Å². The van der Waals surface area contributed by atoms with Crippen molar-refractivity contribution >= 4 is 17.9 Å². The standard InChI is InChI=1S/C22H33N3O2/c1-2-27-22(26)13-11-18-10-12-21(23-15-18)24-20-9-6-14-25(17-20)16-19-7-4-3-5-8-19/h10-13,15,19-20H,2-9,14,16-17H2,1H3,(H,23,24)/t20-/m0/s1. The van der Waals surface area contributed by atoms with Gasteiger partial charge in [-0.25, -0.2) is 9.78 Å². The molecule has 0 unspecified atom stereocenters. The topological polar surface area (TPSA) is 54.5 Å². The van der Waals surface area contributed by atoms with Crippen LogP contribution in [0.4, 0.5) is 5.82 Å². The number of ether oxygens (including phenoxy) is 1. The van der Waals surface area contributed by atoms with Gasteiger partial charge in [0.25, 0.3) is 0 Å². The van der Waals surface area contributed by atoms with Crippen molar-refractivity contribution in [3.63, 3.8) is 0 Å². The first-order valence-electron chi connectivity index (χ1n) is 10.5. The Morgan fingerprint density at radius 3 is 2.85 bits per heavy atom. The molecular formula is C22H33N3O2. The summed E-state index contributed by atoms with van der Waals surface area (Å²) < 4.78 is 4.89. The first-order chi connectivity index (χ1) is 13.2. The summed E-state index contributed by atoms with van der Waals surface area (Å²) >= 11 is 0. The van der Waals surface area contributed by atoms with E-state index in [9.17, 15) is 4.79 Å². The van der Waals surface area contributed by atoms with Crippen LogP contribution in [0.5, 0.6) is 0 Å². The Morgan fingerprint density at radius 2 is 2.11 bits per heavy atom. The largest absolute Gasteiger partial charge is 0.463 e. The first kappa shape index (κ1) is 19.9. The number of rotatable bonds is 7. The van der Waals surface area contributed by atoms with Gasteiger partial charge in [0.2, 0.25) is 0 Å². The third kappa shape index (κ3) is 6.65. The molecule has 0 aromatic carbocycles. The zero-order valence-electron chi connectivity index (χ0n) is 16.5. The van der Waals surface area contributed by atoms with Crippen molar-refractivity contribution in [3.8, 4) is 0 Å². The average Bonchev–Trinajstić information content (AvgIpc) is 2.69. The van der Waals surface area contributed by atoms with E-state index in [1.54, 1.807) is 19.2 Å². The van der Waals surface area contributed by atoms with Gasteiger partial charge in [0, 0.05) is 31.4 Å². The van der Waals surface area contributed by atoms with Crippen molar-refractivity contribution in [2.24, 2.45) is 5.92 Å². The van der Waals surface area contributed by atoms with Crippen LogP contribution in [0.3, 0.4) is 0 Å². The third-order valence-electron chi connectivity index (χ3n) is 5.58. The molecule has 3 rings (SSSR count). The zero-order valence-corrected chi connectivity index (χ0v) is 16.5. The fourth-order valence-corrected chi connectivity index (χ4v) is 4.23. The van der Waals surface area contributed by atoms with Crippen LogP contribution in [0, 0.1) is 5.92 Å². The third-order valence-corrected chi connectivity index (χ3v) is 5.58. The van der Waals surface area contributed by atoms with E-state index in [1.807, 2.05) is 12.1 Å². The molecule has 5 heteroatoms. The SMILES string of the molecule is CCOC(=O)C=Cc1ccc(N[C@H]2CCCN(CC3CCCCC3)C2)nc1. The van der Waals surface area contributed by atoms with E-state index >= 15 is 0 Å².